The van der Waals surface area contributed by atoms with Crippen molar-refractivity contribution in [3.8, 4) is 0 Å². The average molecular weight is 410 g/mol. The maximum Gasteiger partial charge on any atom is 0.0298 e. The molecule has 4 aromatic rings. The third kappa shape index (κ3) is 5.30. The molecular formula is C27H24P2. The Morgan fingerprint density at radius 3 is 1.31 bits per heavy atom. The number of hydrogen-bond acceptors (Lipinski definition) is 0. The van der Waals surface area contributed by atoms with Crippen LogP contribution >= 0.6 is 16.5 Å². The van der Waals surface area contributed by atoms with Gasteiger partial charge in [-0.05, 0) is 29.7 Å². The van der Waals surface area contributed by atoms with Gasteiger partial charge in [0.25, 0.3) is 0 Å². The predicted octanol–water partition coefficient (Wildman–Crippen LogP) is 7.06. The van der Waals surface area contributed by atoms with Gasteiger partial charge in [0, 0.05) is 5.66 Å². The maximum absolute atomic E-state index is 2.44. The van der Waals surface area contributed by atoms with Crippen LogP contribution in [0.4, 0.5) is 0 Å². The second-order valence-electron chi connectivity index (χ2n) is 6.78. The van der Waals surface area contributed by atoms with Gasteiger partial charge in [0.15, 0.2) is 0 Å². The molecule has 0 spiro atoms. The first-order valence-corrected chi connectivity index (χ1v) is 12.4. The van der Waals surface area contributed by atoms with Crippen molar-refractivity contribution in [1.82, 2.24) is 0 Å². The Hall–Kier alpha value is -2.52. The van der Waals surface area contributed by atoms with E-state index in [2.05, 4.69) is 133 Å². The van der Waals surface area contributed by atoms with Crippen LogP contribution in [0.1, 0.15) is 16.8 Å². The van der Waals surface area contributed by atoms with Crippen LogP contribution in [0.2, 0.25) is 0 Å². The minimum absolute atomic E-state index is 0.400. The van der Waals surface area contributed by atoms with E-state index in [1.165, 1.54) is 21.7 Å². The Kier molecular flexibility index (Phi) is 7.03. The lowest BCUT2D eigenvalue weighted by atomic mass is 10.0. The summed E-state index contributed by atoms with van der Waals surface area (Å²) in [5, 5.41) is 2.79. The summed E-state index contributed by atoms with van der Waals surface area (Å²) in [7, 11) is 0.203. The Bertz CT molecular complexity index is 934. The third-order valence-electron chi connectivity index (χ3n) is 4.82. The van der Waals surface area contributed by atoms with E-state index in [9.17, 15) is 0 Å². The molecule has 0 saturated carbocycles. The van der Waals surface area contributed by atoms with Crippen LogP contribution in [0, 0.1) is 0 Å². The van der Waals surface area contributed by atoms with Gasteiger partial charge in [-0.15, -0.1) is 0 Å². The molecule has 142 valence electrons. The van der Waals surface area contributed by atoms with E-state index in [0.717, 1.165) is 0 Å². The van der Waals surface area contributed by atoms with Gasteiger partial charge in [0.1, 0.15) is 0 Å². The Morgan fingerprint density at radius 1 is 0.517 bits per heavy atom. The van der Waals surface area contributed by atoms with Gasteiger partial charge < -0.3 is 0 Å². The smallest absolute Gasteiger partial charge is 0.0298 e. The van der Waals surface area contributed by atoms with Crippen LogP contribution in [0.3, 0.4) is 0 Å². The van der Waals surface area contributed by atoms with Gasteiger partial charge in [-0.25, -0.2) is 0 Å². The Labute approximate surface area is 176 Å². The predicted molar refractivity (Wildman–Crippen MR) is 131 cm³/mol. The molecule has 0 aromatic heterocycles. The lowest BCUT2D eigenvalue weighted by molar-refractivity contribution is 1.15. The zero-order valence-corrected chi connectivity index (χ0v) is 18.1. The topological polar surface area (TPSA) is 0 Å². The molecule has 2 heteroatoms. The SMILES string of the molecule is C(=C\P(c1ccccc1)c1ccccc1)/PC(c1ccccc1)c1ccccc1. The van der Waals surface area contributed by atoms with E-state index in [0.29, 0.717) is 14.2 Å². The molecule has 29 heavy (non-hydrogen) atoms. The number of rotatable bonds is 7. The minimum Gasteiger partial charge on any atom is -0.0860 e. The first-order valence-electron chi connectivity index (χ1n) is 9.84. The van der Waals surface area contributed by atoms with Crippen LogP contribution in [0.5, 0.6) is 0 Å². The van der Waals surface area contributed by atoms with Crippen LogP contribution in [-0.2, 0) is 0 Å². The van der Waals surface area contributed by atoms with Crippen LogP contribution in [0.15, 0.2) is 133 Å². The van der Waals surface area contributed by atoms with Crippen molar-refractivity contribution in [2.75, 3.05) is 0 Å². The highest BCUT2D eigenvalue weighted by atomic mass is 31.1. The molecule has 0 heterocycles. The summed E-state index contributed by atoms with van der Waals surface area (Å²) in [6.07, 6.45) is 0. The summed E-state index contributed by atoms with van der Waals surface area (Å²) in [5.74, 6) is 4.85. The molecule has 0 radical (unpaired) electrons. The van der Waals surface area contributed by atoms with Crippen molar-refractivity contribution in [2.45, 2.75) is 5.66 Å². The Balaban J connectivity index is 1.62. The van der Waals surface area contributed by atoms with Crippen molar-refractivity contribution < 1.29 is 0 Å². The van der Waals surface area contributed by atoms with Gasteiger partial charge in [0.05, 0.1) is 0 Å². The highest BCUT2D eigenvalue weighted by molar-refractivity contribution is 7.76. The maximum atomic E-state index is 2.44. The summed E-state index contributed by atoms with van der Waals surface area (Å²) in [5.41, 5.74) is 3.16. The van der Waals surface area contributed by atoms with Crippen molar-refractivity contribution in [3.05, 3.63) is 144 Å². The molecule has 0 saturated heterocycles. The van der Waals surface area contributed by atoms with Gasteiger partial charge in [-0.2, -0.15) is 0 Å². The molecule has 0 aliphatic carbocycles. The summed E-state index contributed by atoms with van der Waals surface area (Å²) in [6, 6.07) is 43.5. The quantitative estimate of drug-likeness (QED) is 0.286. The summed E-state index contributed by atoms with van der Waals surface area (Å²) >= 11 is 0. The summed E-state index contributed by atoms with van der Waals surface area (Å²) in [4.78, 5) is 0. The van der Waals surface area contributed by atoms with Crippen LogP contribution in [-0.4, -0.2) is 0 Å². The normalized spacial score (nSPS) is 11.8. The molecule has 1 atom stereocenters. The lowest BCUT2D eigenvalue weighted by Gasteiger charge is -2.18. The van der Waals surface area contributed by atoms with E-state index in [4.69, 9.17) is 0 Å². The fraction of sp³-hybridized carbons (Fsp3) is 0.0370. The number of hydrogen-bond donors (Lipinski definition) is 0. The first-order chi connectivity index (χ1) is 14.4. The van der Waals surface area contributed by atoms with Crippen molar-refractivity contribution in [2.24, 2.45) is 0 Å². The van der Waals surface area contributed by atoms with Gasteiger partial charge in [0.2, 0.25) is 0 Å². The minimum atomic E-state index is -0.493. The third-order valence-corrected chi connectivity index (χ3v) is 8.62. The summed E-state index contributed by atoms with van der Waals surface area (Å²) in [6.45, 7) is 0. The molecule has 0 aliphatic heterocycles. The molecule has 0 amide bonds. The van der Waals surface area contributed by atoms with Gasteiger partial charge >= 0.3 is 0 Å². The van der Waals surface area contributed by atoms with Crippen LogP contribution in [0.25, 0.3) is 0 Å². The molecule has 0 aliphatic rings. The average Bonchev–Trinajstić information content (AvgIpc) is 2.81. The molecule has 0 bridgehead atoms. The van der Waals surface area contributed by atoms with Gasteiger partial charge in [-0.1, -0.05) is 142 Å². The molecule has 0 N–H and O–H groups in total. The highest BCUT2D eigenvalue weighted by Crippen LogP contribution is 2.44. The molecule has 4 aromatic carbocycles. The van der Waals surface area contributed by atoms with Crippen molar-refractivity contribution >= 4 is 27.1 Å². The summed E-state index contributed by atoms with van der Waals surface area (Å²) < 4.78 is 0. The van der Waals surface area contributed by atoms with E-state index in [-0.39, 0.29) is 0 Å². The van der Waals surface area contributed by atoms with E-state index >= 15 is 0 Å². The van der Waals surface area contributed by atoms with Crippen LogP contribution < -0.4 is 10.6 Å². The molecule has 1 unspecified atom stereocenters. The lowest BCUT2D eigenvalue weighted by Crippen LogP contribution is -2.09. The van der Waals surface area contributed by atoms with Crippen molar-refractivity contribution in [1.29, 1.82) is 0 Å². The molecular weight excluding hydrogens is 386 g/mol. The first kappa shape index (κ1) is 19.8. The zero-order valence-electron chi connectivity index (χ0n) is 16.2. The van der Waals surface area contributed by atoms with Gasteiger partial charge in [-0.3, -0.25) is 0 Å². The fourth-order valence-corrected chi connectivity index (χ4v) is 6.92. The van der Waals surface area contributed by atoms with E-state index in [1.54, 1.807) is 0 Å². The second-order valence-corrected chi connectivity index (χ2v) is 10.1. The fourth-order valence-electron chi connectivity index (χ4n) is 3.39. The second kappa shape index (κ2) is 10.3. The zero-order chi connectivity index (χ0) is 19.7. The van der Waals surface area contributed by atoms with E-state index < -0.39 is 7.92 Å². The largest absolute Gasteiger partial charge is 0.0860 e. The van der Waals surface area contributed by atoms with Crippen molar-refractivity contribution in [3.63, 3.8) is 0 Å². The molecule has 0 fully saturated rings. The highest BCUT2D eigenvalue weighted by Gasteiger charge is 2.14. The number of benzene rings is 4. The monoisotopic (exact) mass is 410 g/mol. The van der Waals surface area contributed by atoms with E-state index in [1.807, 2.05) is 0 Å². The molecule has 4 rings (SSSR count). The molecule has 0 nitrogen and oxygen atoms in total. The standard InChI is InChI=1S/C27H24P2/c1-5-13-23(14-6-1)27(24-15-7-2-8-16-24)28-21-22-29(25-17-9-3-10-18-25)26-19-11-4-12-20-26/h1-22,27-28H/b22-21+. The Morgan fingerprint density at radius 2 is 0.897 bits per heavy atom.